The molecule has 1 rings (SSSR count). The number of phenolic OH excluding ortho intramolecular Hbond substituents is 1. The first-order chi connectivity index (χ1) is 7.21. The van der Waals surface area contributed by atoms with Crippen molar-refractivity contribution < 1.29 is 9.85 Å². The Kier molecular flexibility index (Phi) is 3.27. The summed E-state index contributed by atoms with van der Waals surface area (Å²) < 4.78 is 0.929. The molecule has 0 aliphatic carbocycles. The summed E-state index contributed by atoms with van der Waals surface area (Å²) in [6.07, 6.45) is 1.56. The van der Waals surface area contributed by atoms with Crippen molar-refractivity contribution in [3.8, 4) is 5.75 Å². The number of aryl methyl sites for hydroxylation is 2. The first-order valence-corrected chi connectivity index (χ1v) is 5.33. The molecule has 3 nitrogen and oxygen atoms in total. The van der Waals surface area contributed by atoms with Crippen LogP contribution in [-0.4, -0.2) is 21.6 Å². The molecular formula is C13H19NO2. The average molecular weight is 221 g/mol. The average Bonchev–Trinajstić information content (AvgIpc) is 2.12. The molecule has 88 valence electrons. The molecule has 0 atom stereocenters. The van der Waals surface area contributed by atoms with Crippen LogP contribution in [-0.2, 0) is 0 Å². The van der Waals surface area contributed by atoms with Gasteiger partial charge in [-0.1, -0.05) is 0 Å². The van der Waals surface area contributed by atoms with E-state index >= 15 is 0 Å². The van der Waals surface area contributed by atoms with E-state index in [1.165, 1.54) is 0 Å². The zero-order valence-electron chi connectivity index (χ0n) is 10.5. The van der Waals surface area contributed by atoms with Gasteiger partial charge in [-0.25, -0.2) is 4.74 Å². The lowest BCUT2D eigenvalue weighted by Crippen LogP contribution is -2.29. The van der Waals surface area contributed by atoms with Gasteiger partial charge in [0.2, 0.25) is 0 Å². The van der Waals surface area contributed by atoms with Gasteiger partial charge in [-0.3, -0.25) is 0 Å². The molecule has 0 radical (unpaired) electrons. The third-order valence-corrected chi connectivity index (χ3v) is 2.44. The smallest absolute Gasteiger partial charge is 0.182 e. The van der Waals surface area contributed by atoms with E-state index in [9.17, 15) is 10.3 Å². The number of benzene rings is 1. The van der Waals surface area contributed by atoms with Gasteiger partial charge in [0.05, 0.1) is 0 Å². The lowest BCUT2D eigenvalue weighted by molar-refractivity contribution is -0.530. The fourth-order valence-corrected chi connectivity index (χ4v) is 1.39. The van der Waals surface area contributed by atoms with Gasteiger partial charge in [0.25, 0.3) is 0 Å². The highest BCUT2D eigenvalue weighted by Gasteiger charge is 2.18. The lowest BCUT2D eigenvalue weighted by Gasteiger charge is -2.18. The summed E-state index contributed by atoms with van der Waals surface area (Å²) in [7, 11) is 0. The van der Waals surface area contributed by atoms with Crippen LogP contribution in [0, 0.1) is 19.1 Å². The van der Waals surface area contributed by atoms with Crippen LogP contribution in [0.4, 0.5) is 0 Å². The molecule has 0 heterocycles. The molecule has 0 saturated carbocycles. The van der Waals surface area contributed by atoms with Gasteiger partial charge in [-0.15, -0.1) is 0 Å². The molecule has 1 aromatic rings. The number of hydroxylamine groups is 1. The molecule has 0 aliphatic rings. The van der Waals surface area contributed by atoms with Gasteiger partial charge in [0.1, 0.15) is 5.75 Å². The van der Waals surface area contributed by atoms with E-state index in [1.54, 1.807) is 18.3 Å². The van der Waals surface area contributed by atoms with Crippen LogP contribution in [0.15, 0.2) is 12.1 Å². The quantitative estimate of drug-likeness (QED) is 0.343. The maximum atomic E-state index is 11.7. The van der Waals surface area contributed by atoms with Crippen molar-refractivity contribution in [2.75, 3.05) is 0 Å². The Bertz CT molecular complexity index is 405. The van der Waals surface area contributed by atoms with E-state index in [2.05, 4.69) is 0 Å². The standard InChI is InChI=1S/C13H19NO2/c1-9-6-11(7-10(2)12(9)15)8-14(16)13(3,4)5/h6-8,15H,1-5H3. The Morgan fingerprint density at radius 1 is 1.19 bits per heavy atom. The van der Waals surface area contributed by atoms with Crippen LogP contribution in [0.5, 0.6) is 5.75 Å². The number of phenols is 1. The van der Waals surface area contributed by atoms with Crippen LogP contribution in [0.1, 0.15) is 37.5 Å². The Morgan fingerprint density at radius 3 is 2.00 bits per heavy atom. The Hall–Kier alpha value is -1.51. The number of aromatic hydroxyl groups is 1. The van der Waals surface area contributed by atoms with Crippen molar-refractivity contribution in [1.82, 2.24) is 0 Å². The molecule has 0 bridgehead atoms. The van der Waals surface area contributed by atoms with Gasteiger partial charge >= 0.3 is 0 Å². The zero-order chi connectivity index (χ0) is 12.5. The molecule has 1 N–H and O–H groups in total. The molecule has 0 saturated heterocycles. The van der Waals surface area contributed by atoms with E-state index in [1.807, 2.05) is 34.6 Å². The van der Waals surface area contributed by atoms with Crippen LogP contribution < -0.4 is 0 Å². The van der Waals surface area contributed by atoms with Gasteiger partial charge in [0.15, 0.2) is 11.8 Å². The van der Waals surface area contributed by atoms with Crippen molar-refractivity contribution in [2.24, 2.45) is 0 Å². The Morgan fingerprint density at radius 2 is 1.62 bits per heavy atom. The van der Waals surface area contributed by atoms with Crippen LogP contribution >= 0.6 is 0 Å². The molecule has 0 spiro atoms. The summed E-state index contributed by atoms with van der Waals surface area (Å²) in [5, 5.41) is 21.4. The molecule has 0 unspecified atom stereocenters. The van der Waals surface area contributed by atoms with E-state index in [0.29, 0.717) is 5.75 Å². The van der Waals surface area contributed by atoms with E-state index in [0.717, 1.165) is 21.4 Å². The highest BCUT2D eigenvalue weighted by molar-refractivity contribution is 5.77. The lowest BCUT2D eigenvalue weighted by atomic mass is 10.1. The predicted molar refractivity (Wildman–Crippen MR) is 66.1 cm³/mol. The molecule has 3 heteroatoms. The summed E-state index contributed by atoms with van der Waals surface area (Å²) in [6.45, 7) is 9.22. The largest absolute Gasteiger partial charge is 0.623 e. The number of hydrogen-bond donors (Lipinski definition) is 1. The highest BCUT2D eigenvalue weighted by atomic mass is 16.5. The minimum atomic E-state index is -0.445. The third-order valence-electron chi connectivity index (χ3n) is 2.44. The third kappa shape index (κ3) is 2.75. The summed E-state index contributed by atoms with van der Waals surface area (Å²) in [6, 6.07) is 3.61. The first-order valence-electron chi connectivity index (χ1n) is 5.33. The van der Waals surface area contributed by atoms with E-state index in [4.69, 9.17) is 0 Å². The van der Waals surface area contributed by atoms with Crippen molar-refractivity contribution in [3.63, 3.8) is 0 Å². The predicted octanol–water partition coefficient (Wildman–Crippen LogP) is 2.74. The summed E-state index contributed by atoms with van der Waals surface area (Å²) in [5.41, 5.74) is 1.94. The van der Waals surface area contributed by atoms with Crippen LogP contribution in [0.25, 0.3) is 0 Å². The molecule has 0 aromatic heterocycles. The highest BCUT2D eigenvalue weighted by Crippen LogP contribution is 2.22. The summed E-state index contributed by atoms with van der Waals surface area (Å²) >= 11 is 0. The van der Waals surface area contributed by atoms with Crippen molar-refractivity contribution >= 4 is 6.21 Å². The number of rotatable bonds is 1. The van der Waals surface area contributed by atoms with Gasteiger partial charge in [-0.05, 0) is 37.1 Å². The van der Waals surface area contributed by atoms with Crippen LogP contribution in [0.2, 0.25) is 0 Å². The second-order valence-corrected chi connectivity index (χ2v) is 5.13. The molecule has 0 amide bonds. The van der Waals surface area contributed by atoms with Gasteiger partial charge in [-0.2, -0.15) is 0 Å². The van der Waals surface area contributed by atoms with Crippen LogP contribution in [0.3, 0.4) is 0 Å². The molecule has 0 fully saturated rings. The minimum Gasteiger partial charge on any atom is -0.623 e. The normalized spacial score (nSPS) is 12.9. The zero-order valence-corrected chi connectivity index (χ0v) is 10.5. The molecular weight excluding hydrogens is 202 g/mol. The van der Waals surface area contributed by atoms with Crippen molar-refractivity contribution in [1.29, 1.82) is 0 Å². The minimum absolute atomic E-state index is 0.297. The van der Waals surface area contributed by atoms with Crippen molar-refractivity contribution in [2.45, 2.75) is 40.2 Å². The molecule has 0 aliphatic heterocycles. The Balaban J connectivity index is 3.17. The SMILES string of the molecule is Cc1cc(C=[N+]([O-])C(C)(C)C)cc(C)c1O. The monoisotopic (exact) mass is 221 g/mol. The van der Waals surface area contributed by atoms with Crippen molar-refractivity contribution in [3.05, 3.63) is 34.0 Å². The maximum Gasteiger partial charge on any atom is 0.182 e. The summed E-state index contributed by atoms with van der Waals surface area (Å²) in [5.74, 6) is 0.297. The fourth-order valence-electron chi connectivity index (χ4n) is 1.39. The maximum absolute atomic E-state index is 11.7. The topological polar surface area (TPSA) is 46.3 Å². The van der Waals surface area contributed by atoms with Gasteiger partial charge < -0.3 is 10.3 Å². The van der Waals surface area contributed by atoms with Gasteiger partial charge in [0, 0.05) is 26.3 Å². The van der Waals surface area contributed by atoms with E-state index in [-0.39, 0.29) is 0 Å². The molecule has 16 heavy (non-hydrogen) atoms. The first kappa shape index (κ1) is 12.6. The fraction of sp³-hybridized carbons (Fsp3) is 0.462. The second kappa shape index (κ2) is 4.16. The number of nitrogens with zero attached hydrogens (tertiary/aromatic N) is 1. The Labute approximate surface area is 96.6 Å². The second-order valence-electron chi connectivity index (χ2n) is 5.13. The summed E-state index contributed by atoms with van der Waals surface area (Å²) in [4.78, 5) is 0. The van der Waals surface area contributed by atoms with E-state index < -0.39 is 5.54 Å². The number of hydrogen-bond acceptors (Lipinski definition) is 2. The molecule has 1 aromatic carbocycles.